The van der Waals surface area contributed by atoms with Crippen LogP contribution in [-0.4, -0.2) is 16.9 Å². The van der Waals surface area contributed by atoms with E-state index in [1.165, 1.54) is 0 Å². The molecule has 2 heteroatoms. The number of rotatable bonds is 2. The van der Waals surface area contributed by atoms with Crippen molar-refractivity contribution in [2.24, 2.45) is 0 Å². The maximum absolute atomic E-state index is 3.66. The van der Waals surface area contributed by atoms with Gasteiger partial charge in [-0.2, -0.15) is 0 Å². The van der Waals surface area contributed by atoms with Crippen molar-refractivity contribution in [2.75, 3.05) is 0 Å². The number of hydrogen-bond donors (Lipinski definition) is 0. The van der Waals surface area contributed by atoms with Crippen molar-refractivity contribution in [1.82, 2.24) is 0 Å². The van der Waals surface area contributed by atoms with Crippen LogP contribution in [0.3, 0.4) is 0 Å². The molecule has 48 valence electrons. The first-order chi connectivity index (χ1) is 3.42. The summed E-state index contributed by atoms with van der Waals surface area (Å²) in [5, 5.41) is 0. The van der Waals surface area contributed by atoms with E-state index in [2.05, 4.69) is 38.4 Å². The molecule has 0 nitrogen and oxygen atoms in total. The average molecular weight is 144 g/mol. The molecule has 2 radical (unpaired) electrons. The molecule has 0 aromatic heterocycles. The summed E-state index contributed by atoms with van der Waals surface area (Å²) in [6.45, 7) is 11.7. The summed E-state index contributed by atoms with van der Waals surface area (Å²) in [7, 11) is -1.39. The molecule has 0 unspecified atom stereocenters. The Morgan fingerprint density at radius 1 is 1.12 bits per heavy atom. The zero-order chi connectivity index (χ0) is 6.78. The minimum atomic E-state index is -0.909. The average Bonchev–Trinajstić information content (AvgIpc) is 1.21. The number of hydrogen-bond acceptors (Lipinski definition) is 0. The molecule has 0 heterocycles. The minimum Gasteiger partial charge on any atom is -0.0720 e. The van der Waals surface area contributed by atoms with Gasteiger partial charge in [-0.15, -0.1) is 0 Å². The van der Waals surface area contributed by atoms with E-state index in [9.17, 15) is 0 Å². The van der Waals surface area contributed by atoms with Crippen LogP contribution in [0.1, 0.15) is 0 Å². The van der Waals surface area contributed by atoms with Crippen molar-refractivity contribution in [3.05, 3.63) is 5.67 Å². The van der Waals surface area contributed by atoms with Crippen molar-refractivity contribution in [3.63, 3.8) is 0 Å². The first-order valence-electron chi connectivity index (χ1n) is 3.19. The summed E-state index contributed by atoms with van der Waals surface area (Å²) >= 11 is 0. The van der Waals surface area contributed by atoms with Gasteiger partial charge in [-0.3, -0.25) is 0 Å². The van der Waals surface area contributed by atoms with Crippen LogP contribution in [0.15, 0.2) is 0 Å². The smallest absolute Gasteiger partial charge is 0.0475 e. The lowest BCUT2D eigenvalue weighted by Gasteiger charge is -2.15. The molecule has 8 heavy (non-hydrogen) atoms. The first kappa shape index (κ1) is 8.43. The quantitative estimate of drug-likeness (QED) is 0.520. The molecule has 0 aromatic carbocycles. The first-order valence-corrected chi connectivity index (χ1v) is 9.58. The highest BCUT2D eigenvalue weighted by atomic mass is 28.4. The molecule has 0 N–H and O–H groups in total. The van der Waals surface area contributed by atoms with Gasteiger partial charge in [0.2, 0.25) is 0 Å². The second-order valence-electron chi connectivity index (χ2n) is 3.55. The van der Waals surface area contributed by atoms with Gasteiger partial charge in [0.05, 0.1) is 0 Å². The van der Waals surface area contributed by atoms with E-state index in [0.717, 1.165) is 0 Å². The maximum atomic E-state index is 3.66. The second-order valence-corrected chi connectivity index (χ2v) is 11.5. The Morgan fingerprint density at radius 3 is 1.50 bits per heavy atom. The SMILES string of the molecule is C[SiH](C)[C][Si](C)(C)C. The Bertz CT molecular complexity index is 61.4. The third kappa shape index (κ3) is 6.43. The van der Waals surface area contributed by atoms with Crippen molar-refractivity contribution < 1.29 is 0 Å². The van der Waals surface area contributed by atoms with Gasteiger partial charge in [0.25, 0.3) is 0 Å². The minimum absolute atomic E-state index is 0.484. The molecule has 0 aliphatic carbocycles. The molecule has 0 rings (SSSR count). The summed E-state index contributed by atoms with van der Waals surface area (Å²) in [6.07, 6.45) is 0. The lowest BCUT2D eigenvalue weighted by molar-refractivity contribution is 1.72. The molecule has 0 aliphatic heterocycles. The monoisotopic (exact) mass is 144 g/mol. The highest BCUT2D eigenvalue weighted by Crippen LogP contribution is 2.06. The van der Waals surface area contributed by atoms with Gasteiger partial charge in [0, 0.05) is 16.9 Å². The lowest BCUT2D eigenvalue weighted by atomic mass is 11.7. The van der Waals surface area contributed by atoms with E-state index < -0.39 is 16.9 Å². The fourth-order valence-corrected chi connectivity index (χ4v) is 7.79. The van der Waals surface area contributed by atoms with Crippen molar-refractivity contribution in [1.29, 1.82) is 0 Å². The van der Waals surface area contributed by atoms with Crippen LogP contribution in [0.25, 0.3) is 0 Å². The van der Waals surface area contributed by atoms with E-state index in [1.54, 1.807) is 0 Å². The Labute approximate surface area is 55.9 Å². The Kier molecular flexibility index (Phi) is 2.98. The molecule has 0 fully saturated rings. The fourth-order valence-electron chi connectivity index (χ4n) is 0.866. The van der Waals surface area contributed by atoms with E-state index in [4.69, 9.17) is 0 Å². The third-order valence-electron chi connectivity index (χ3n) is 0.722. The predicted octanol–water partition coefficient (Wildman–Crippen LogP) is 1.97. The summed E-state index contributed by atoms with van der Waals surface area (Å²) in [6, 6.07) is 0. The van der Waals surface area contributed by atoms with Crippen molar-refractivity contribution >= 4 is 16.9 Å². The molecular formula is C6H16Si2. The molecule has 0 bridgehead atoms. The fraction of sp³-hybridized carbons (Fsp3) is 0.833. The standard InChI is InChI=1S/C6H16Si2/c1-7(2)6-8(3,4)5/h7H,1-5H3. The summed E-state index contributed by atoms with van der Waals surface area (Å²) in [5.74, 6) is 0. The molecule has 0 amide bonds. The Morgan fingerprint density at radius 2 is 1.50 bits per heavy atom. The molecule has 0 atom stereocenters. The summed E-state index contributed by atoms with van der Waals surface area (Å²) in [5.41, 5.74) is 3.66. The molecule has 0 saturated carbocycles. The van der Waals surface area contributed by atoms with E-state index in [0.29, 0.717) is 0 Å². The van der Waals surface area contributed by atoms with Crippen LogP contribution in [0.5, 0.6) is 0 Å². The highest BCUT2D eigenvalue weighted by molar-refractivity contribution is 6.92. The molecule has 0 saturated heterocycles. The summed E-state index contributed by atoms with van der Waals surface area (Å²) < 4.78 is 0. The van der Waals surface area contributed by atoms with E-state index >= 15 is 0 Å². The van der Waals surface area contributed by atoms with E-state index in [-0.39, 0.29) is 0 Å². The zero-order valence-electron chi connectivity index (χ0n) is 6.58. The lowest BCUT2D eigenvalue weighted by Crippen LogP contribution is -2.28. The second kappa shape index (κ2) is 2.83. The van der Waals surface area contributed by atoms with Gasteiger partial charge in [-0.1, -0.05) is 32.7 Å². The largest absolute Gasteiger partial charge is 0.0720 e. The van der Waals surface area contributed by atoms with E-state index in [1.807, 2.05) is 0 Å². The normalized spacial score (nSPS) is 12.8. The zero-order valence-corrected chi connectivity index (χ0v) is 8.73. The van der Waals surface area contributed by atoms with Crippen LogP contribution in [0, 0.1) is 5.67 Å². The van der Waals surface area contributed by atoms with Crippen LogP contribution in [0.2, 0.25) is 32.7 Å². The molecular weight excluding hydrogens is 128 g/mol. The van der Waals surface area contributed by atoms with Gasteiger partial charge >= 0.3 is 0 Å². The third-order valence-corrected chi connectivity index (χ3v) is 6.50. The topological polar surface area (TPSA) is 0 Å². The molecule has 0 spiro atoms. The van der Waals surface area contributed by atoms with Crippen LogP contribution >= 0.6 is 0 Å². The van der Waals surface area contributed by atoms with Crippen LogP contribution in [0.4, 0.5) is 0 Å². The Hall–Kier alpha value is 0.434. The van der Waals surface area contributed by atoms with Gasteiger partial charge in [0.1, 0.15) is 0 Å². The maximum Gasteiger partial charge on any atom is 0.0475 e. The predicted molar refractivity (Wildman–Crippen MR) is 45.5 cm³/mol. The summed E-state index contributed by atoms with van der Waals surface area (Å²) in [4.78, 5) is 0. The van der Waals surface area contributed by atoms with Crippen molar-refractivity contribution in [2.45, 2.75) is 32.7 Å². The van der Waals surface area contributed by atoms with Crippen molar-refractivity contribution in [3.8, 4) is 0 Å². The molecule has 0 aliphatic rings. The van der Waals surface area contributed by atoms with Crippen LogP contribution in [-0.2, 0) is 0 Å². The van der Waals surface area contributed by atoms with Gasteiger partial charge in [-0.05, 0) is 5.67 Å². The Balaban J connectivity index is 3.39. The van der Waals surface area contributed by atoms with Gasteiger partial charge in [-0.25, -0.2) is 0 Å². The van der Waals surface area contributed by atoms with Gasteiger partial charge < -0.3 is 0 Å². The highest BCUT2D eigenvalue weighted by Gasteiger charge is 2.15. The van der Waals surface area contributed by atoms with Gasteiger partial charge in [0.15, 0.2) is 0 Å². The van der Waals surface area contributed by atoms with Crippen LogP contribution < -0.4 is 0 Å². The molecule has 0 aromatic rings.